The summed E-state index contributed by atoms with van der Waals surface area (Å²) in [7, 11) is 3.12. The van der Waals surface area contributed by atoms with Crippen molar-refractivity contribution in [1.82, 2.24) is 0 Å². The Balaban J connectivity index is 1.93. The maximum absolute atomic E-state index is 14.8. The van der Waals surface area contributed by atoms with Crippen molar-refractivity contribution in [1.29, 1.82) is 0 Å². The fourth-order valence-electron chi connectivity index (χ4n) is 6.48. The van der Waals surface area contributed by atoms with E-state index in [1.807, 2.05) is 88.4 Å². The summed E-state index contributed by atoms with van der Waals surface area (Å²) in [6.45, 7) is 7.79. The predicted molar refractivity (Wildman–Crippen MR) is 151 cm³/mol. The van der Waals surface area contributed by atoms with Gasteiger partial charge in [0.15, 0.2) is 0 Å². The van der Waals surface area contributed by atoms with Gasteiger partial charge in [-0.15, -0.1) is 0 Å². The number of carbonyl (C=O) groups excluding carboxylic acids is 2. The van der Waals surface area contributed by atoms with Gasteiger partial charge in [0.1, 0.15) is 33.8 Å². The van der Waals surface area contributed by atoms with Gasteiger partial charge < -0.3 is 18.9 Å². The Kier molecular flexibility index (Phi) is 5.77. The van der Waals surface area contributed by atoms with E-state index in [2.05, 4.69) is 0 Å². The largest absolute Gasteiger partial charge is 0.496 e. The van der Waals surface area contributed by atoms with Crippen molar-refractivity contribution in [2.45, 2.75) is 38.5 Å². The summed E-state index contributed by atoms with van der Waals surface area (Å²) >= 11 is 0. The van der Waals surface area contributed by atoms with Crippen molar-refractivity contribution in [3.8, 4) is 23.0 Å². The van der Waals surface area contributed by atoms with E-state index in [1.54, 1.807) is 26.4 Å². The van der Waals surface area contributed by atoms with Crippen LogP contribution in [0.25, 0.3) is 0 Å². The molecule has 4 aromatic rings. The number of hydrogen-bond donors (Lipinski definition) is 0. The third kappa shape index (κ3) is 3.22. The Hall–Kier alpha value is -4.58. The molecule has 4 aromatic carbocycles. The summed E-state index contributed by atoms with van der Waals surface area (Å²) in [6.07, 6.45) is 0. The molecule has 202 valence electrons. The average Bonchev–Trinajstić information content (AvgIpc) is 3.38. The Bertz CT molecular complexity index is 1590. The zero-order valence-corrected chi connectivity index (χ0v) is 23.4. The van der Waals surface area contributed by atoms with Gasteiger partial charge in [-0.2, -0.15) is 0 Å². The molecule has 6 nitrogen and oxygen atoms in total. The first-order chi connectivity index (χ1) is 19.2. The highest BCUT2D eigenvalue weighted by atomic mass is 16.6. The van der Waals surface area contributed by atoms with Gasteiger partial charge in [0.2, 0.25) is 0 Å². The van der Waals surface area contributed by atoms with Gasteiger partial charge in [-0.1, -0.05) is 70.8 Å². The van der Waals surface area contributed by atoms with Crippen LogP contribution in [0, 0.1) is 27.7 Å². The average molecular weight is 535 g/mol. The van der Waals surface area contributed by atoms with Crippen molar-refractivity contribution < 1.29 is 28.5 Å². The van der Waals surface area contributed by atoms with Crippen molar-refractivity contribution in [3.05, 3.63) is 117 Å². The number of benzene rings is 4. The molecule has 0 unspecified atom stereocenters. The SMILES string of the molecule is COc1ccc(C)cc1[C@@]1([C@]2(c3cc(C)ccc3OC)C(=O)Oc3ccc(C)cc32)C(=O)Oc2ccc(C)cc21. The summed E-state index contributed by atoms with van der Waals surface area (Å²) < 4.78 is 24.0. The number of rotatable bonds is 5. The van der Waals surface area contributed by atoms with Crippen LogP contribution in [0.4, 0.5) is 0 Å². The molecular formula is C34H30O6. The first-order valence-corrected chi connectivity index (χ1v) is 13.2. The second-order valence-electron chi connectivity index (χ2n) is 10.7. The summed E-state index contributed by atoms with van der Waals surface area (Å²) in [5.41, 5.74) is 2.33. The molecule has 0 radical (unpaired) electrons. The van der Waals surface area contributed by atoms with Gasteiger partial charge in [-0.05, 0) is 52.0 Å². The predicted octanol–water partition coefficient (Wildman–Crippen LogP) is 6.05. The molecule has 0 fully saturated rings. The van der Waals surface area contributed by atoms with Crippen LogP contribution in [-0.2, 0) is 20.4 Å². The normalized spacial score (nSPS) is 20.9. The van der Waals surface area contributed by atoms with E-state index >= 15 is 0 Å². The molecule has 2 heterocycles. The van der Waals surface area contributed by atoms with Crippen molar-refractivity contribution >= 4 is 11.9 Å². The van der Waals surface area contributed by atoms with E-state index in [1.165, 1.54) is 0 Å². The van der Waals surface area contributed by atoms with Crippen LogP contribution >= 0.6 is 0 Å². The van der Waals surface area contributed by atoms with Gasteiger partial charge in [-0.25, -0.2) is 0 Å². The number of esters is 2. The molecule has 0 N–H and O–H groups in total. The quantitative estimate of drug-likeness (QED) is 0.229. The third-order valence-electron chi connectivity index (χ3n) is 8.18. The van der Waals surface area contributed by atoms with Gasteiger partial charge >= 0.3 is 11.9 Å². The number of fused-ring (bicyclic) bond motifs is 2. The summed E-state index contributed by atoms with van der Waals surface area (Å²) in [5, 5.41) is 0. The van der Waals surface area contributed by atoms with E-state index in [-0.39, 0.29) is 0 Å². The highest BCUT2D eigenvalue weighted by Crippen LogP contribution is 2.65. The Labute approximate surface area is 233 Å². The molecule has 0 spiro atoms. The number of hydrogen-bond acceptors (Lipinski definition) is 6. The number of carbonyl (C=O) groups is 2. The highest BCUT2D eigenvalue weighted by Gasteiger charge is 2.73. The number of methoxy groups -OCH3 is 2. The second-order valence-corrected chi connectivity index (χ2v) is 10.7. The first-order valence-electron chi connectivity index (χ1n) is 13.2. The van der Waals surface area contributed by atoms with Crippen LogP contribution in [0.15, 0.2) is 72.8 Å². The van der Waals surface area contributed by atoms with E-state index in [4.69, 9.17) is 18.9 Å². The molecular weight excluding hydrogens is 504 g/mol. The molecule has 0 saturated heterocycles. The molecule has 0 bridgehead atoms. The first kappa shape index (κ1) is 25.7. The van der Waals surface area contributed by atoms with Gasteiger partial charge in [0.05, 0.1) is 14.2 Å². The second kappa shape index (κ2) is 8.98. The van der Waals surface area contributed by atoms with E-state index in [9.17, 15) is 9.59 Å². The Morgan fingerprint density at radius 3 is 1.18 bits per heavy atom. The molecule has 2 aliphatic heterocycles. The molecule has 6 heteroatoms. The number of ether oxygens (including phenoxy) is 4. The topological polar surface area (TPSA) is 71.1 Å². The zero-order chi connectivity index (χ0) is 28.4. The van der Waals surface area contributed by atoms with Crippen LogP contribution < -0.4 is 18.9 Å². The summed E-state index contributed by atoms with van der Waals surface area (Å²) in [6, 6.07) is 22.5. The van der Waals surface area contributed by atoms with E-state index in [0.717, 1.165) is 22.3 Å². The summed E-state index contributed by atoms with van der Waals surface area (Å²) in [5.74, 6) is 0.505. The monoisotopic (exact) mass is 534 g/mol. The van der Waals surface area contributed by atoms with Crippen molar-refractivity contribution in [2.75, 3.05) is 14.2 Å². The van der Waals surface area contributed by atoms with Crippen LogP contribution in [0.1, 0.15) is 44.5 Å². The molecule has 2 atom stereocenters. The Morgan fingerprint density at radius 1 is 0.500 bits per heavy atom. The van der Waals surface area contributed by atoms with E-state index < -0.39 is 22.8 Å². The lowest BCUT2D eigenvalue weighted by Gasteiger charge is -2.43. The smallest absolute Gasteiger partial charge is 0.328 e. The lowest BCUT2D eigenvalue weighted by Crippen LogP contribution is -2.58. The fourth-order valence-corrected chi connectivity index (χ4v) is 6.48. The minimum absolute atomic E-state index is 0.388. The molecule has 0 amide bonds. The van der Waals surface area contributed by atoms with Gasteiger partial charge in [0.25, 0.3) is 0 Å². The van der Waals surface area contributed by atoms with Crippen LogP contribution in [0.3, 0.4) is 0 Å². The standard InChI is InChI=1S/C34H30O6/c1-19-7-11-27(37-5)23(15-19)33(25-17-21(3)9-13-29(25)39-31(33)35)34(24-16-20(2)8-12-28(24)38-6)26-18-22(4)10-14-30(26)40-32(34)36/h7-18H,1-6H3/t33-,34-/m0/s1. The molecule has 40 heavy (non-hydrogen) atoms. The lowest BCUT2D eigenvalue weighted by atomic mass is 9.51. The third-order valence-corrected chi connectivity index (χ3v) is 8.18. The van der Waals surface area contributed by atoms with Crippen LogP contribution in [-0.4, -0.2) is 26.2 Å². The molecule has 0 aliphatic carbocycles. The van der Waals surface area contributed by atoms with Crippen LogP contribution in [0.5, 0.6) is 23.0 Å². The van der Waals surface area contributed by atoms with Crippen molar-refractivity contribution in [2.24, 2.45) is 0 Å². The fraction of sp³-hybridized carbons (Fsp3) is 0.235. The maximum Gasteiger partial charge on any atom is 0.328 e. The van der Waals surface area contributed by atoms with Crippen LogP contribution in [0.2, 0.25) is 0 Å². The lowest BCUT2D eigenvalue weighted by molar-refractivity contribution is -0.147. The van der Waals surface area contributed by atoms with Crippen molar-refractivity contribution in [3.63, 3.8) is 0 Å². The minimum atomic E-state index is -1.72. The molecule has 6 rings (SSSR count). The Morgan fingerprint density at radius 2 is 0.825 bits per heavy atom. The number of aryl methyl sites for hydroxylation is 4. The van der Waals surface area contributed by atoms with Gasteiger partial charge in [0, 0.05) is 22.3 Å². The zero-order valence-electron chi connectivity index (χ0n) is 23.4. The van der Waals surface area contributed by atoms with E-state index in [0.29, 0.717) is 45.3 Å². The molecule has 0 saturated carbocycles. The maximum atomic E-state index is 14.8. The summed E-state index contributed by atoms with van der Waals surface area (Å²) in [4.78, 5) is 29.6. The minimum Gasteiger partial charge on any atom is -0.496 e. The molecule has 2 aliphatic rings. The molecule has 0 aromatic heterocycles. The highest BCUT2D eigenvalue weighted by molar-refractivity contribution is 6.09. The van der Waals surface area contributed by atoms with Gasteiger partial charge in [-0.3, -0.25) is 9.59 Å².